The van der Waals surface area contributed by atoms with Gasteiger partial charge in [-0.2, -0.15) is 0 Å². The van der Waals surface area contributed by atoms with Gasteiger partial charge in [0, 0.05) is 4.88 Å². The number of esters is 2. The zero-order valence-electron chi connectivity index (χ0n) is 19.6. The van der Waals surface area contributed by atoms with Gasteiger partial charge in [0.05, 0.1) is 29.0 Å². The van der Waals surface area contributed by atoms with Gasteiger partial charge in [0.25, 0.3) is 5.91 Å². The predicted octanol–water partition coefficient (Wildman–Crippen LogP) is 4.52. The molecule has 3 aromatic rings. The molecule has 0 saturated carbocycles. The van der Waals surface area contributed by atoms with Gasteiger partial charge in [0.2, 0.25) is 0 Å². The first-order chi connectivity index (χ1) is 16.2. The standard InChI is InChI=1S/C24H26N2O7S/c1-6-30-24(29)21-13(2)16(5)34-22(21)25-20(27)12-32-23(28)17-7-9-18(10-8-17)31-11-19-14(3)26-33-15(19)4/h7-10H,6,11-12H2,1-5H3,(H,25,27). The molecule has 0 fully saturated rings. The van der Waals surface area contributed by atoms with Crippen LogP contribution in [-0.2, 0) is 20.9 Å². The van der Waals surface area contributed by atoms with Crippen molar-refractivity contribution < 1.29 is 33.1 Å². The van der Waals surface area contributed by atoms with E-state index in [4.69, 9.17) is 18.7 Å². The highest BCUT2D eigenvalue weighted by Crippen LogP contribution is 2.33. The lowest BCUT2D eigenvalue weighted by Gasteiger charge is -2.09. The van der Waals surface area contributed by atoms with E-state index < -0.39 is 24.5 Å². The molecule has 0 saturated heterocycles. The van der Waals surface area contributed by atoms with Crippen LogP contribution >= 0.6 is 11.3 Å². The van der Waals surface area contributed by atoms with Crippen molar-refractivity contribution in [1.82, 2.24) is 5.16 Å². The molecule has 1 amide bonds. The van der Waals surface area contributed by atoms with Gasteiger partial charge in [-0.25, -0.2) is 9.59 Å². The van der Waals surface area contributed by atoms with Gasteiger partial charge in [-0.05, 0) is 64.4 Å². The van der Waals surface area contributed by atoms with Crippen molar-refractivity contribution >= 4 is 34.2 Å². The minimum absolute atomic E-state index is 0.224. The zero-order valence-corrected chi connectivity index (χ0v) is 20.5. The molecule has 2 heterocycles. The Kier molecular flexibility index (Phi) is 8.06. The molecule has 0 atom stereocenters. The molecule has 34 heavy (non-hydrogen) atoms. The third-order valence-electron chi connectivity index (χ3n) is 5.11. The Balaban J connectivity index is 1.54. The van der Waals surface area contributed by atoms with Crippen LogP contribution in [0.25, 0.3) is 0 Å². The fourth-order valence-electron chi connectivity index (χ4n) is 3.09. The summed E-state index contributed by atoms with van der Waals surface area (Å²) in [5.74, 6) is -0.466. The van der Waals surface area contributed by atoms with Crippen LogP contribution in [0.2, 0.25) is 0 Å². The first-order valence-corrected chi connectivity index (χ1v) is 11.4. The Morgan fingerprint density at radius 3 is 2.35 bits per heavy atom. The number of carbonyl (C=O) groups is 3. The number of benzene rings is 1. The molecule has 0 spiro atoms. The second kappa shape index (κ2) is 11.0. The first kappa shape index (κ1) is 25.0. The third-order valence-corrected chi connectivity index (χ3v) is 6.23. The molecular formula is C24H26N2O7S. The minimum Gasteiger partial charge on any atom is -0.489 e. The molecule has 0 aliphatic rings. The maximum atomic E-state index is 12.3. The second-order valence-corrected chi connectivity index (χ2v) is 8.67. The molecule has 180 valence electrons. The van der Waals surface area contributed by atoms with E-state index in [9.17, 15) is 14.4 Å². The largest absolute Gasteiger partial charge is 0.489 e. The number of nitrogens with zero attached hydrogens (tertiary/aromatic N) is 1. The van der Waals surface area contributed by atoms with Crippen LogP contribution in [0, 0.1) is 27.7 Å². The minimum atomic E-state index is -0.656. The van der Waals surface area contributed by atoms with E-state index in [1.807, 2.05) is 20.8 Å². The van der Waals surface area contributed by atoms with Crippen molar-refractivity contribution in [2.24, 2.45) is 0 Å². The summed E-state index contributed by atoms with van der Waals surface area (Å²) in [7, 11) is 0. The maximum Gasteiger partial charge on any atom is 0.341 e. The molecule has 2 aromatic heterocycles. The van der Waals surface area contributed by atoms with E-state index in [1.54, 1.807) is 38.1 Å². The predicted molar refractivity (Wildman–Crippen MR) is 125 cm³/mol. The summed E-state index contributed by atoms with van der Waals surface area (Å²) in [4.78, 5) is 37.8. The Bertz CT molecular complexity index is 1180. The summed E-state index contributed by atoms with van der Waals surface area (Å²) in [5, 5.41) is 6.89. The average molecular weight is 487 g/mol. The van der Waals surface area contributed by atoms with Crippen LogP contribution in [0.3, 0.4) is 0 Å². The summed E-state index contributed by atoms with van der Waals surface area (Å²) in [6.07, 6.45) is 0. The number of carbonyl (C=O) groups excluding carboxylic acids is 3. The van der Waals surface area contributed by atoms with Crippen LogP contribution in [0.1, 0.15) is 55.1 Å². The number of anilines is 1. The lowest BCUT2D eigenvalue weighted by atomic mass is 10.1. The molecule has 1 N–H and O–H groups in total. The number of thiophene rings is 1. The number of hydrogen-bond acceptors (Lipinski definition) is 9. The topological polar surface area (TPSA) is 117 Å². The maximum absolute atomic E-state index is 12.3. The quantitative estimate of drug-likeness (QED) is 0.439. The first-order valence-electron chi connectivity index (χ1n) is 10.6. The molecular weight excluding hydrogens is 460 g/mol. The summed E-state index contributed by atoms with van der Waals surface area (Å²) in [5.41, 5.74) is 2.96. The van der Waals surface area contributed by atoms with E-state index in [0.29, 0.717) is 28.7 Å². The molecule has 10 heteroatoms. The van der Waals surface area contributed by atoms with E-state index in [0.717, 1.165) is 21.7 Å². The number of rotatable bonds is 9. The van der Waals surface area contributed by atoms with Crippen LogP contribution < -0.4 is 10.1 Å². The van der Waals surface area contributed by atoms with Gasteiger partial charge in [0.15, 0.2) is 6.61 Å². The number of hydrogen-bond donors (Lipinski definition) is 1. The fourth-order valence-corrected chi connectivity index (χ4v) is 4.16. The second-order valence-electron chi connectivity index (χ2n) is 7.45. The highest BCUT2D eigenvalue weighted by molar-refractivity contribution is 7.16. The third kappa shape index (κ3) is 5.82. The Morgan fingerprint density at radius 2 is 1.74 bits per heavy atom. The van der Waals surface area contributed by atoms with Crippen LogP contribution in [0.4, 0.5) is 5.00 Å². The molecule has 9 nitrogen and oxygen atoms in total. The SMILES string of the molecule is CCOC(=O)c1c(NC(=O)COC(=O)c2ccc(OCc3c(C)noc3C)cc2)sc(C)c1C. The van der Waals surface area contributed by atoms with Crippen LogP contribution in [0.5, 0.6) is 5.75 Å². The average Bonchev–Trinajstić information content (AvgIpc) is 3.27. The summed E-state index contributed by atoms with van der Waals surface area (Å²) in [6, 6.07) is 6.37. The normalized spacial score (nSPS) is 10.6. The molecule has 3 rings (SSSR count). The lowest BCUT2D eigenvalue weighted by Crippen LogP contribution is -2.21. The van der Waals surface area contributed by atoms with Gasteiger partial charge in [-0.3, -0.25) is 4.79 Å². The number of aryl methyl sites for hydroxylation is 3. The number of aromatic nitrogens is 1. The van der Waals surface area contributed by atoms with E-state index in [-0.39, 0.29) is 12.2 Å². The molecule has 0 aliphatic heterocycles. The van der Waals surface area contributed by atoms with Crippen molar-refractivity contribution in [3.8, 4) is 5.75 Å². The number of nitrogens with one attached hydrogen (secondary N) is 1. The highest BCUT2D eigenvalue weighted by atomic mass is 32.1. The smallest absolute Gasteiger partial charge is 0.341 e. The summed E-state index contributed by atoms with van der Waals surface area (Å²) >= 11 is 1.26. The van der Waals surface area contributed by atoms with Crippen molar-refractivity contribution in [3.05, 3.63) is 62.9 Å². The van der Waals surface area contributed by atoms with Gasteiger partial charge in [-0.15, -0.1) is 11.3 Å². The Morgan fingerprint density at radius 1 is 1.03 bits per heavy atom. The Hall–Kier alpha value is -3.66. The monoisotopic (exact) mass is 486 g/mol. The zero-order chi connectivity index (χ0) is 24.8. The summed E-state index contributed by atoms with van der Waals surface area (Å²) in [6.45, 7) is 9.01. The molecule has 0 bridgehead atoms. The van der Waals surface area contributed by atoms with Gasteiger partial charge in [0.1, 0.15) is 23.1 Å². The van der Waals surface area contributed by atoms with Gasteiger partial charge >= 0.3 is 11.9 Å². The summed E-state index contributed by atoms with van der Waals surface area (Å²) < 4.78 is 21.0. The molecule has 0 radical (unpaired) electrons. The van der Waals surface area contributed by atoms with Crippen molar-refractivity contribution in [2.45, 2.75) is 41.2 Å². The lowest BCUT2D eigenvalue weighted by molar-refractivity contribution is -0.119. The molecule has 0 unspecified atom stereocenters. The molecule has 0 aliphatic carbocycles. The van der Waals surface area contributed by atoms with E-state index in [1.165, 1.54) is 11.3 Å². The Labute approximate surface area is 201 Å². The van der Waals surface area contributed by atoms with Crippen molar-refractivity contribution in [2.75, 3.05) is 18.5 Å². The van der Waals surface area contributed by atoms with Crippen LogP contribution in [0.15, 0.2) is 28.8 Å². The van der Waals surface area contributed by atoms with Gasteiger partial charge < -0.3 is 24.1 Å². The highest BCUT2D eigenvalue weighted by Gasteiger charge is 2.22. The van der Waals surface area contributed by atoms with Crippen molar-refractivity contribution in [1.29, 1.82) is 0 Å². The van der Waals surface area contributed by atoms with E-state index >= 15 is 0 Å². The van der Waals surface area contributed by atoms with E-state index in [2.05, 4.69) is 10.5 Å². The van der Waals surface area contributed by atoms with Gasteiger partial charge in [-0.1, -0.05) is 5.16 Å². The molecule has 1 aromatic carbocycles. The van der Waals surface area contributed by atoms with Crippen LogP contribution in [-0.4, -0.2) is 36.2 Å². The number of amides is 1. The van der Waals surface area contributed by atoms with Crippen molar-refractivity contribution in [3.63, 3.8) is 0 Å². The fraction of sp³-hybridized carbons (Fsp3) is 0.333. The number of ether oxygens (including phenoxy) is 3.